The Hall–Kier alpha value is -3.19. The Balaban J connectivity index is 1.85. The predicted molar refractivity (Wildman–Crippen MR) is 116 cm³/mol. The number of methoxy groups -OCH3 is 1. The van der Waals surface area contributed by atoms with Crippen molar-refractivity contribution in [3.63, 3.8) is 0 Å². The number of amides is 1. The van der Waals surface area contributed by atoms with Crippen LogP contribution in [0.2, 0.25) is 0 Å². The van der Waals surface area contributed by atoms with Crippen molar-refractivity contribution in [1.29, 1.82) is 0 Å². The number of fused-ring (bicyclic) bond motifs is 1. The molecular weight excluding hydrogens is 404 g/mol. The van der Waals surface area contributed by atoms with Crippen molar-refractivity contribution < 1.29 is 9.53 Å². The first-order valence-corrected chi connectivity index (χ1v) is 10.1. The number of halogens is 1. The van der Waals surface area contributed by atoms with Crippen molar-refractivity contribution in [2.75, 3.05) is 7.11 Å². The number of rotatable bonds is 4. The maximum Gasteiger partial charge on any atom is 0.258 e. The highest BCUT2D eigenvalue weighted by Gasteiger charge is 2.42. The lowest BCUT2D eigenvalue weighted by Gasteiger charge is -2.24. The van der Waals surface area contributed by atoms with E-state index in [1.807, 2.05) is 31.2 Å². The van der Waals surface area contributed by atoms with Gasteiger partial charge in [-0.2, -0.15) is 5.10 Å². The van der Waals surface area contributed by atoms with Gasteiger partial charge in [0, 0.05) is 12.6 Å². The highest BCUT2D eigenvalue weighted by Crippen LogP contribution is 2.37. The second-order valence-electron chi connectivity index (χ2n) is 7.05. The molecule has 1 aliphatic rings. The zero-order chi connectivity index (χ0) is 21.4. The molecule has 8 heteroatoms. The van der Waals surface area contributed by atoms with Crippen LogP contribution < -0.4 is 10.3 Å². The number of aromatic amines is 1. The Bertz CT molecular complexity index is 1200. The SMILES string of the molecule is CCC(=O)N1N=C(c2c(C)c3ncccc3[nH]c2=O)C(Cl)C1c1ccc(OC)cc1. The molecule has 0 saturated carbocycles. The molecule has 30 heavy (non-hydrogen) atoms. The van der Waals surface area contributed by atoms with Crippen LogP contribution in [0.4, 0.5) is 0 Å². The highest BCUT2D eigenvalue weighted by molar-refractivity contribution is 6.36. The fourth-order valence-electron chi connectivity index (χ4n) is 3.77. The van der Waals surface area contributed by atoms with Crippen molar-refractivity contribution >= 4 is 34.3 Å². The summed E-state index contributed by atoms with van der Waals surface area (Å²) in [4.78, 5) is 32.8. The molecule has 0 aliphatic carbocycles. The number of pyridine rings is 2. The van der Waals surface area contributed by atoms with Gasteiger partial charge in [0.05, 0.1) is 29.4 Å². The Morgan fingerprint density at radius 3 is 2.67 bits per heavy atom. The second kappa shape index (κ2) is 7.91. The highest BCUT2D eigenvalue weighted by atomic mass is 35.5. The number of nitrogens with one attached hydrogen (secondary N) is 1. The van der Waals surface area contributed by atoms with Crippen molar-refractivity contribution in [3.05, 3.63) is 69.6 Å². The lowest BCUT2D eigenvalue weighted by Crippen LogP contribution is -2.31. The molecule has 0 radical (unpaired) electrons. The number of benzene rings is 1. The minimum atomic E-state index is -0.699. The van der Waals surface area contributed by atoms with E-state index in [4.69, 9.17) is 16.3 Å². The third-order valence-electron chi connectivity index (χ3n) is 5.30. The fraction of sp³-hybridized carbons (Fsp3) is 0.273. The fourth-order valence-corrected chi connectivity index (χ4v) is 4.17. The van der Waals surface area contributed by atoms with Gasteiger partial charge in [0.2, 0.25) is 5.91 Å². The van der Waals surface area contributed by atoms with Crippen LogP contribution in [0.1, 0.15) is 36.1 Å². The maximum atomic E-state index is 12.9. The summed E-state index contributed by atoms with van der Waals surface area (Å²) in [6.07, 6.45) is 1.93. The van der Waals surface area contributed by atoms with Gasteiger partial charge in [0.15, 0.2) is 0 Å². The number of hydrogen-bond acceptors (Lipinski definition) is 5. The van der Waals surface area contributed by atoms with Gasteiger partial charge < -0.3 is 9.72 Å². The second-order valence-corrected chi connectivity index (χ2v) is 7.52. The molecule has 1 amide bonds. The van der Waals surface area contributed by atoms with Gasteiger partial charge in [-0.25, -0.2) is 5.01 Å². The normalized spacial score (nSPS) is 18.5. The van der Waals surface area contributed by atoms with E-state index in [9.17, 15) is 9.59 Å². The number of alkyl halides is 1. The molecule has 2 aromatic heterocycles. The largest absolute Gasteiger partial charge is 0.497 e. The summed E-state index contributed by atoms with van der Waals surface area (Å²) in [5, 5.41) is 5.21. The van der Waals surface area contributed by atoms with Gasteiger partial charge >= 0.3 is 0 Å². The van der Waals surface area contributed by atoms with Crippen molar-refractivity contribution in [1.82, 2.24) is 15.0 Å². The van der Waals surface area contributed by atoms with Crippen LogP contribution in [0, 0.1) is 6.92 Å². The number of nitrogens with zero attached hydrogens (tertiary/aromatic N) is 3. The van der Waals surface area contributed by atoms with Crippen LogP contribution in [0.5, 0.6) is 5.75 Å². The summed E-state index contributed by atoms with van der Waals surface area (Å²) in [6, 6.07) is 10.3. The number of aryl methyl sites for hydroxylation is 1. The molecule has 154 valence electrons. The Morgan fingerprint density at radius 1 is 1.27 bits per heavy atom. The Kier molecular flexibility index (Phi) is 5.30. The van der Waals surface area contributed by atoms with E-state index in [-0.39, 0.29) is 17.9 Å². The van der Waals surface area contributed by atoms with Crippen molar-refractivity contribution in [2.24, 2.45) is 5.10 Å². The van der Waals surface area contributed by atoms with Gasteiger partial charge in [-0.15, -0.1) is 11.6 Å². The molecule has 0 saturated heterocycles. The maximum absolute atomic E-state index is 12.9. The lowest BCUT2D eigenvalue weighted by atomic mass is 9.95. The number of carbonyl (C=O) groups is 1. The molecule has 0 bridgehead atoms. The number of H-pyrrole nitrogens is 1. The molecule has 2 unspecified atom stereocenters. The zero-order valence-corrected chi connectivity index (χ0v) is 17.6. The number of aromatic nitrogens is 2. The molecular formula is C22H21ClN4O3. The van der Waals surface area contributed by atoms with Crippen LogP contribution in [-0.2, 0) is 4.79 Å². The minimum Gasteiger partial charge on any atom is -0.497 e. The zero-order valence-electron chi connectivity index (χ0n) is 16.8. The number of ether oxygens (including phenoxy) is 1. The van der Waals surface area contributed by atoms with E-state index in [1.165, 1.54) is 5.01 Å². The van der Waals surface area contributed by atoms with Crippen molar-refractivity contribution in [2.45, 2.75) is 31.7 Å². The first kappa shape index (κ1) is 20.1. The van der Waals surface area contributed by atoms with E-state index in [1.54, 1.807) is 32.4 Å². The third kappa shape index (κ3) is 3.25. The predicted octanol–water partition coefficient (Wildman–Crippen LogP) is 3.55. The average Bonchev–Trinajstić information content (AvgIpc) is 3.10. The summed E-state index contributed by atoms with van der Waals surface area (Å²) in [6.45, 7) is 3.58. The van der Waals surface area contributed by atoms with E-state index >= 15 is 0 Å². The molecule has 1 aromatic carbocycles. The molecule has 0 spiro atoms. The van der Waals surface area contributed by atoms with Crippen LogP contribution in [0.25, 0.3) is 11.0 Å². The van der Waals surface area contributed by atoms with Gasteiger partial charge in [-0.3, -0.25) is 14.6 Å². The quantitative estimate of drug-likeness (QED) is 0.649. The monoisotopic (exact) mass is 424 g/mol. The summed E-state index contributed by atoms with van der Waals surface area (Å²) < 4.78 is 5.22. The van der Waals surface area contributed by atoms with E-state index in [2.05, 4.69) is 15.1 Å². The summed E-state index contributed by atoms with van der Waals surface area (Å²) >= 11 is 6.85. The topological polar surface area (TPSA) is 87.7 Å². The molecule has 2 atom stereocenters. The molecule has 1 aliphatic heterocycles. The molecule has 3 aromatic rings. The Labute approximate surface area is 178 Å². The molecule has 3 heterocycles. The summed E-state index contributed by atoms with van der Waals surface area (Å²) in [5.74, 6) is 0.523. The van der Waals surface area contributed by atoms with Gasteiger partial charge in [-0.1, -0.05) is 19.1 Å². The molecule has 1 N–H and O–H groups in total. The van der Waals surface area contributed by atoms with Gasteiger partial charge in [0.1, 0.15) is 17.2 Å². The molecule has 7 nitrogen and oxygen atoms in total. The van der Waals surface area contributed by atoms with Crippen molar-refractivity contribution in [3.8, 4) is 5.75 Å². The van der Waals surface area contributed by atoms with Crippen LogP contribution in [-0.4, -0.2) is 39.1 Å². The third-order valence-corrected chi connectivity index (χ3v) is 5.75. The number of carbonyl (C=O) groups excluding carboxylic acids is 1. The van der Waals surface area contributed by atoms with Crippen LogP contribution in [0.15, 0.2) is 52.5 Å². The lowest BCUT2D eigenvalue weighted by molar-refractivity contribution is -0.132. The smallest absolute Gasteiger partial charge is 0.258 e. The Morgan fingerprint density at radius 2 is 2.00 bits per heavy atom. The first-order chi connectivity index (χ1) is 14.5. The van der Waals surface area contributed by atoms with Gasteiger partial charge in [0.25, 0.3) is 5.56 Å². The molecule has 4 rings (SSSR count). The van der Waals surface area contributed by atoms with E-state index < -0.39 is 11.4 Å². The van der Waals surface area contributed by atoms with Gasteiger partial charge in [-0.05, 0) is 42.3 Å². The summed E-state index contributed by atoms with van der Waals surface area (Å²) in [7, 11) is 1.59. The number of hydrazone groups is 1. The van der Waals surface area contributed by atoms with Crippen LogP contribution in [0.3, 0.4) is 0 Å². The van der Waals surface area contributed by atoms with E-state index in [0.717, 1.165) is 5.56 Å². The first-order valence-electron chi connectivity index (χ1n) is 9.62. The average molecular weight is 425 g/mol. The van der Waals surface area contributed by atoms with Crippen LogP contribution >= 0.6 is 11.6 Å². The number of hydrogen-bond donors (Lipinski definition) is 1. The minimum absolute atomic E-state index is 0.176. The summed E-state index contributed by atoms with van der Waals surface area (Å²) in [5.41, 5.74) is 3.21. The standard InChI is InChI=1S/C22H21ClN4O3/c1-4-16(28)27-21(13-7-9-14(30-3)10-8-13)18(23)20(26-27)17-12(2)19-15(25-22(17)29)6-5-11-24-19/h5-11,18,21H,4H2,1-3H3,(H,25,29). The molecule has 0 fully saturated rings. The van der Waals surface area contributed by atoms with E-state index in [0.29, 0.717) is 33.6 Å².